The molecule has 1 atom stereocenters. The van der Waals surface area contributed by atoms with Crippen LogP contribution >= 0.6 is 11.6 Å². The van der Waals surface area contributed by atoms with Gasteiger partial charge in [-0.15, -0.1) is 0 Å². The predicted octanol–water partition coefficient (Wildman–Crippen LogP) is 2.97. The molecule has 0 saturated carbocycles. The van der Waals surface area contributed by atoms with Gasteiger partial charge in [0.2, 0.25) is 17.7 Å². The fourth-order valence-corrected chi connectivity index (χ4v) is 4.14. The van der Waals surface area contributed by atoms with Gasteiger partial charge in [-0.25, -0.2) is 4.98 Å². The lowest BCUT2D eigenvalue weighted by Gasteiger charge is -2.32. The van der Waals surface area contributed by atoms with E-state index < -0.39 is 0 Å². The minimum absolute atomic E-state index is 0.00000667. The number of benzene rings is 1. The highest BCUT2D eigenvalue weighted by Gasteiger charge is 2.38. The average Bonchev–Trinajstić information content (AvgIpc) is 3.17. The van der Waals surface area contributed by atoms with Crippen molar-refractivity contribution in [1.29, 1.82) is 0 Å². The van der Waals surface area contributed by atoms with E-state index in [1.54, 1.807) is 21.9 Å². The molecule has 2 aliphatic rings. The van der Waals surface area contributed by atoms with Gasteiger partial charge in [-0.3, -0.25) is 14.4 Å². The Bertz CT molecular complexity index is 927. The van der Waals surface area contributed by atoms with Gasteiger partial charge in [-0.2, -0.15) is 0 Å². The zero-order chi connectivity index (χ0) is 21.1. The minimum Gasteiger partial charge on any atom is -0.342 e. The molecule has 30 heavy (non-hydrogen) atoms. The molecule has 2 aromatic rings. The van der Waals surface area contributed by atoms with E-state index in [0.717, 1.165) is 5.69 Å². The summed E-state index contributed by atoms with van der Waals surface area (Å²) in [4.78, 5) is 45.4. The highest BCUT2D eigenvalue weighted by atomic mass is 35.5. The Hall–Kier alpha value is -2.93. The molecule has 1 N–H and O–H groups in total. The van der Waals surface area contributed by atoms with Crippen LogP contribution < -0.4 is 10.2 Å². The van der Waals surface area contributed by atoms with Crippen LogP contribution in [-0.2, 0) is 14.4 Å². The van der Waals surface area contributed by atoms with E-state index in [4.69, 9.17) is 11.6 Å². The maximum Gasteiger partial charge on any atom is 0.228 e. The summed E-state index contributed by atoms with van der Waals surface area (Å²) >= 11 is 5.81. The Labute approximate surface area is 180 Å². The monoisotopic (exact) mass is 426 g/mol. The maximum absolute atomic E-state index is 12.9. The van der Waals surface area contributed by atoms with E-state index >= 15 is 0 Å². The fraction of sp³-hybridized carbons (Fsp3) is 0.364. The molecule has 2 fully saturated rings. The van der Waals surface area contributed by atoms with Crippen LogP contribution in [0.4, 0.5) is 11.5 Å². The zero-order valence-corrected chi connectivity index (χ0v) is 17.2. The van der Waals surface area contributed by atoms with Gasteiger partial charge in [0.1, 0.15) is 5.82 Å². The van der Waals surface area contributed by atoms with Crippen LogP contribution in [0.3, 0.4) is 0 Å². The Balaban J connectivity index is 1.29. The van der Waals surface area contributed by atoms with Crippen molar-refractivity contribution in [2.45, 2.75) is 19.3 Å². The van der Waals surface area contributed by atoms with Gasteiger partial charge in [0.25, 0.3) is 0 Å². The molecule has 7 nitrogen and oxygen atoms in total. The molecule has 0 bridgehead atoms. The summed E-state index contributed by atoms with van der Waals surface area (Å²) in [6.45, 7) is 1.44. The van der Waals surface area contributed by atoms with Crippen LogP contribution in [0.2, 0.25) is 5.02 Å². The van der Waals surface area contributed by atoms with Crippen molar-refractivity contribution < 1.29 is 14.4 Å². The van der Waals surface area contributed by atoms with E-state index in [1.165, 1.54) is 6.20 Å². The van der Waals surface area contributed by atoms with Crippen LogP contribution in [0.25, 0.3) is 0 Å². The molecule has 0 spiro atoms. The predicted molar refractivity (Wildman–Crippen MR) is 114 cm³/mol. The number of piperidine rings is 1. The van der Waals surface area contributed by atoms with Crippen LogP contribution in [-0.4, -0.2) is 47.2 Å². The summed E-state index contributed by atoms with van der Waals surface area (Å²) < 4.78 is 0. The fourth-order valence-electron chi connectivity index (χ4n) is 4.03. The first-order valence-corrected chi connectivity index (χ1v) is 10.5. The first kappa shape index (κ1) is 20.3. The summed E-state index contributed by atoms with van der Waals surface area (Å²) in [5.41, 5.74) is 0.823. The van der Waals surface area contributed by atoms with Gasteiger partial charge in [-0.1, -0.05) is 29.8 Å². The van der Waals surface area contributed by atoms with Crippen LogP contribution in [0, 0.1) is 11.8 Å². The van der Waals surface area contributed by atoms with E-state index in [9.17, 15) is 14.4 Å². The van der Waals surface area contributed by atoms with Gasteiger partial charge in [-0.05, 0) is 37.1 Å². The normalized spacial score (nSPS) is 19.8. The van der Waals surface area contributed by atoms with E-state index in [-0.39, 0.29) is 36.0 Å². The quantitative estimate of drug-likeness (QED) is 0.814. The molecule has 2 aliphatic heterocycles. The third kappa shape index (κ3) is 4.46. The number of amides is 3. The van der Waals surface area contributed by atoms with Crippen molar-refractivity contribution in [1.82, 2.24) is 9.88 Å². The molecule has 0 radical (unpaired) electrons. The molecule has 8 heteroatoms. The van der Waals surface area contributed by atoms with E-state index in [2.05, 4.69) is 10.3 Å². The number of aromatic nitrogens is 1. The first-order chi connectivity index (χ1) is 14.5. The number of pyridine rings is 1. The van der Waals surface area contributed by atoms with Crippen molar-refractivity contribution in [2.24, 2.45) is 11.8 Å². The number of carbonyl (C=O) groups is 3. The summed E-state index contributed by atoms with van der Waals surface area (Å²) in [5.74, 6) is -0.153. The lowest BCUT2D eigenvalue weighted by Crippen LogP contribution is -2.44. The number of halogens is 1. The molecular formula is C22H23ClN4O3. The number of nitrogens with one attached hydrogen (secondary N) is 1. The molecular weight excluding hydrogens is 404 g/mol. The smallest absolute Gasteiger partial charge is 0.228 e. The molecule has 1 aromatic heterocycles. The van der Waals surface area contributed by atoms with Gasteiger partial charge < -0.3 is 15.1 Å². The van der Waals surface area contributed by atoms with Gasteiger partial charge in [0.15, 0.2) is 0 Å². The molecule has 156 valence electrons. The largest absolute Gasteiger partial charge is 0.342 e. The van der Waals surface area contributed by atoms with Gasteiger partial charge in [0.05, 0.1) is 10.9 Å². The second kappa shape index (κ2) is 8.83. The lowest BCUT2D eigenvalue weighted by molar-refractivity contribution is -0.138. The number of hydrogen-bond acceptors (Lipinski definition) is 4. The number of carbonyl (C=O) groups excluding carboxylic acids is 3. The van der Waals surface area contributed by atoms with Gasteiger partial charge in [0, 0.05) is 43.9 Å². The van der Waals surface area contributed by atoms with Crippen LogP contribution in [0.15, 0.2) is 48.7 Å². The van der Waals surface area contributed by atoms with Crippen LogP contribution in [0.1, 0.15) is 19.3 Å². The van der Waals surface area contributed by atoms with Crippen molar-refractivity contribution >= 4 is 40.8 Å². The van der Waals surface area contributed by atoms with Crippen molar-refractivity contribution in [3.63, 3.8) is 0 Å². The number of para-hydroxylation sites is 1. The highest BCUT2D eigenvalue weighted by Crippen LogP contribution is 2.28. The Morgan fingerprint density at radius 1 is 1.03 bits per heavy atom. The topological polar surface area (TPSA) is 82.6 Å². The number of nitrogens with zero attached hydrogens (tertiary/aromatic N) is 3. The standard InChI is InChI=1S/C22H23ClN4O3/c23-17-6-7-19(24-13-17)25-21(29)15-8-10-26(11-9-15)22(30)16-12-20(28)27(14-16)18-4-2-1-3-5-18/h1-7,13,15-16H,8-12,14H2,(H,24,25,29). The molecule has 3 amide bonds. The molecule has 4 rings (SSSR count). The number of anilines is 2. The number of rotatable bonds is 4. The second-order valence-electron chi connectivity index (χ2n) is 7.69. The summed E-state index contributed by atoms with van der Waals surface area (Å²) in [6.07, 6.45) is 2.90. The van der Waals surface area contributed by atoms with Crippen molar-refractivity contribution in [3.8, 4) is 0 Å². The second-order valence-corrected chi connectivity index (χ2v) is 8.13. The van der Waals surface area contributed by atoms with E-state index in [1.807, 2.05) is 30.3 Å². The minimum atomic E-state index is -0.332. The van der Waals surface area contributed by atoms with Crippen molar-refractivity contribution in [3.05, 3.63) is 53.7 Å². The Kier molecular flexibility index (Phi) is 5.99. The Morgan fingerprint density at radius 3 is 2.43 bits per heavy atom. The summed E-state index contributed by atoms with van der Waals surface area (Å²) in [6, 6.07) is 12.8. The van der Waals surface area contributed by atoms with Gasteiger partial charge >= 0.3 is 0 Å². The molecule has 3 heterocycles. The van der Waals surface area contributed by atoms with E-state index in [0.29, 0.717) is 43.3 Å². The third-order valence-corrected chi connectivity index (χ3v) is 5.92. The summed E-state index contributed by atoms with van der Waals surface area (Å²) in [5, 5.41) is 3.31. The average molecular weight is 427 g/mol. The van der Waals surface area contributed by atoms with Crippen molar-refractivity contribution in [2.75, 3.05) is 29.9 Å². The maximum atomic E-state index is 12.9. The summed E-state index contributed by atoms with van der Waals surface area (Å²) in [7, 11) is 0. The van der Waals surface area contributed by atoms with Crippen LogP contribution in [0.5, 0.6) is 0 Å². The molecule has 1 unspecified atom stereocenters. The first-order valence-electron chi connectivity index (χ1n) is 10.1. The number of hydrogen-bond donors (Lipinski definition) is 1. The lowest BCUT2D eigenvalue weighted by atomic mass is 9.94. The zero-order valence-electron chi connectivity index (χ0n) is 16.5. The molecule has 0 aliphatic carbocycles. The Morgan fingerprint density at radius 2 is 1.77 bits per heavy atom. The SMILES string of the molecule is O=C(Nc1ccc(Cl)cn1)C1CCN(C(=O)C2CC(=O)N(c3ccccc3)C2)CC1. The molecule has 2 saturated heterocycles. The molecule has 1 aromatic carbocycles. The highest BCUT2D eigenvalue weighted by molar-refractivity contribution is 6.30. The third-order valence-electron chi connectivity index (χ3n) is 5.70. The number of likely N-dealkylation sites (tertiary alicyclic amines) is 1.